The number of amides is 1. The highest BCUT2D eigenvalue weighted by Gasteiger charge is 2.33. The second-order valence-electron chi connectivity index (χ2n) is 9.25. The lowest BCUT2D eigenvalue weighted by molar-refractivity contribution is -0.113. The Hall–Kier alpha value is -4.95. The highest BCUT2D eigenvalue weighted by atomic mass is 32.2. The Labute approximate surface area is 242 Å². The molecule has 1 amide bonds. The number of nitrogens with one attached hydrogen (secondary N) is 1. The summed E-state index contributed by atoms with van der Waals surface area (Å²) >= 11 is 1.70. The summed E-state index contributed by atoms with van der Waals surface area (Å²) in [6.45, 7) is 0. The van der Waals surface area contributed by atoms with Crippen molar-refractivity contribution in [1.29, 1.82) is 0 Å². The molecule has 7 nitrogen and oxygen atoms in total. The number of rotatable bonds is 8. The molecule has 41 heavy (non-hydrogen) atoms. The minimum atomic E-state index is -0.247. The van der Waals surface area contributed by atoms with E-state index in [9.17, 15) is 4.79 Å². The highest BCUT2D eigenvalue weighted by Crippen LogP contribution is 2.39. The zero-order chi connectivity index (χ0) is 28.3. The summed E-state index contributed by atoms with van der Waals surface area (Å²) in [5.74, 6) is 2.40. The Balaban J connectivity index is 1.40. The molecule has 0 radical (unpaired) electrons. The molecule has 0 spiro atoms. The summed E-state index contributed by atoms with van der Waals surface area (Å²) < 4.78 is 16.4. The number of aliphatic imine (C=N–C) groups is 1. The van der Waals surface area contributed by atoms with Crippen molar-refractivity contribution in [2.75, 3.05) is 26.2 Å². The number of fused-ring (bicyclic) bond motifs is 1. The Morgan fingerprint density at radius 3 is 2.12 bits per heavy atom. The number of aromatic amines is 1. The molecule has 1 aliphatic heterocycles. The van der Waals surface area contributed by atoms with Crippen LogP contribution in [0.25, 0.3) is 17.0 Å². The summed E-state index contributed by atoms with van der Waals surface area (Å²) in [4.78, 5) is 26.1. The van der Waals surface area contributed by atoms with Gasteiger partial charge in [-0.05, 0) is 60.2 Å². The maximum Gasteiger partial charge on any atom is 0.283 e. The van der Waals surface area contributed by atoms with Crippen LogP contribution in [0.15, 0.2) is 118 Å². The number of hydrogen-bond acceptors (Lipinski definition) is 6. The zero-order valence-electron chi connectivity index (χ0n) is 22.8. The monoisotopic (exact) mass is 561 g/mol. The molecule has 8 heteroatoms. The van der Waals surface area contributed by atoms with Crippen LogP contribution in [-0.4, -0.2) is 38.1 Å². The first-order valence-corrected chi connectivity index (χ1v) is 13.8. The van der Waals surface area contributed by atoms with Crippen molar-refractivity contribution in [2.24, 2.45) is 4.99 Å². The summed E-state index contributed by atoms with van der Waals surface area (Å²) in [5, 5.41) is 1.00. The molecule has 0 atom stereocenters. The molecule has 0 unspecified atom stereocenters. The highest BCUT2D eigenvalue weighted by molar-refractivity contribution is 7.99. The number of ether oxygens (including phenoxy) is 3. The third-order valence-electron chi connectivity index (χ3n) is 6.68. The molecule has 6 rings (SSSR count). The molecule has 1 aromatic heterocycles. The van der Waals surface area contributed by atoms with Gasteiger partial charge in [0.2, 0.25) is 5.75 Å². The van der Waals surface area contributed by atoms with Gasteiger partial charge in [0.05, 0.1) is 21.3 Å². The van der Waals surface area contributed by atoms with Gasteiger partial charge in [-0.1, -0.05) is 60.3 Å². The third kappa shape index (κ3) is 5.17. The summed E-state index contributed by atoms with van der Waals surface area (Å²) in [7, 11) is 4.67. The van der Waals surface area contributed by atoms with Gasteiger partial charge in [-0.15, -0.1) is 0 Å². The van der Waals surface area contributed by atoms with Crippen LogP contribution in [0, 0.1) is 0 Å². The maximum absolute atomic E-state index is 13.9. The van der Waals surface area contributed by atoms with Gasteiger partial charge in [-0.25, -0.2) is 9.89 Å². The molecular formula is C33H27N3O4S. The number of carbonyl (C=O) groups excluding carboxylic acids is 1. The van der Waals surface area contributed by atoms with Gasteiger partial charge >= 0.3 is 0 Å². The fourth-order valence-corrected chi connectivity index (χ4v) is 5.65. The summed E-state index contributed by atoms with van der Waals surface area (Å²) in [6, 6.07) is 31.7. The fourth-order valence-electron chi connectivity index (χ4n) is 4.77. The second kappa shape index (κ2) is 11.3. The van der Waals surface area contributed by atoms with E-state index < -0.39 is 0 Å². The lowest BCUT2D eigenvalue weighted by atomic mass is 10.1. The summed E-state index contributed by atoms with van der Waals surface area (Å²) in [5.41, 5.74) is 2.74. The predicted molar refractivity (Wildman–Crippen MR) is 163 cm³/mol. The van der Waals surface area contributed by atoms with E-state index in [1.54, 1.807) is 56.2 Å². The average Bonchev–Trinajstić information content (AvgIpc) is 3.57. The first-order chi connectivity index (χ1) is 20.1. The minimum absolute atomic E-state index is 0.247. The number of nitrogens with zero attached hydrogens (tertiary/aromatic N) is 2. The Morgan fingerprint density at radius 1 is 0.780 bits per heavy atom. The van der Waals surface area contributed by atoms with Crippen LogP contribution in [0.4, 0.5) is 5.82 Å². The number of H-pyrrole nitrogens is 1. The van der Waals surface area contributed by atoms with Gasteiger partial charge in [0, 0.05) is 26.3 Å². The molecule has 5 aromatic rings. The Morgan fingerprint density at radius 2 is 1.46 bits per heavy atom. The first kappa shape index (κ1) is 26.3. The Bertz CT molecular complexity index is 1770. The summed E-state index contributed by atoms with van der Waals surface area (Å²) in [6.07, 6.45) is 1.73. The van der Waals surface area contributed by atoms with E-state index in [0.717, 1.165) is 26.3 Å². The molecule has 1 aliphatic rings. The van der Waals surface area contributed by atoms with Gasteiger partial charge in [0.25, 0.3) is 5.91 Å². The molecule has 204 valence electrons. The van der Waals surface area contributed by atoms with Crippen molar-refractivity contribution in [3.05, 3.63) is 114 Å². The SMILES string of the molecule is COc1cc(/C=C2\N=C(c3ccccc3)N(c3cc4cc(Sc5ccccc5)ccc4[nH]3)C2=O)cc(OC)c1OC. The van der Waals surface area contributed by atoms with E-state index in [-0.39, 0.29) is 11.6 Å². The lowest BCUT2D eigenvalue weighted by Crippen LogP contribution is -2.32. The third-order valence-corrected chi connectivity index (χ3v) is 7.68. The normalized spacial score (nSPS) is 14.0. The van der Waals surface area contributed by atoms with E-state index >= 15 is 0 Å². The zero-order valence-corrected chi connectivity index (χ0v) is 23.6. The number of amidine groups is 1. The quantitative estimate of drug-likeness (QED) is 0.203. The van der Waals surface area contributed by atoms with Gasteiger partial charge in [-0.2, -0.15) is 0 Å². The molecular weight excluding hydrogens is 534 g/mol. The average molecular weight is 562 g/mol. The largest absolute Gasteiger partial charge is 0.493 e. The van der Waals surface area contributed by atoms with Crippen LogP contribution in [0.3, 0.4) is 0 Å². The smallest absolute Gasteiger partial charge is 0.283 e. The number of hydrogen-bond donors (Lipinski definition) is 1. The van der Waals surface area contributed by atoms with E-state index in [4.69, 9.17) is 19.2 Å². The lowest BCUT2D eigenvalue weighted by Gasteiger charge is -2.16. The molecule has 0 saturated carbocycles. The molecule has 0 bridgehead atoms. The van der Waals surface area contributed by atoms with E-state index in [2.05, 4.69) is 29.2 Å². The van der Waals surface area contributed by atoms with Crippen molar-refractivity contribution < 1.29 is 19.0 Å². The van der Waals surface area contributed by atoms with Crippen LogP contribution in [0.1, 0.15) is 11.1 Å². The molecule has 0 aliphatic carbocycles. The second-order valence-corrected chi connectivity index (χ2v) is 10.4. The van der Waals surface area contributed by atoms with Crippen LogP contribution < -0.4 is 19.1 Å². The number of benzene rings is 4. The number of anilines is 1. The topological polar surface area (TPSA) is 76.2 Å². The van der Waals surface area contributed by atoms with E-state index in [1.807, 2.05) is 60.7 Å². The van der Waals surface area contributed by atoms with Crippen molar-refractivity contribution >= 4 is 46.3 Å². The minimum Gasteiger partial charge on any atom is -0.493 e. The van der Waals surface area contributed by atoms with Gasteiger partial charge < -0.3 is 19.2 Å². The van der Waals surface area contributed by atoms with Gasteiger partial charge in [0.1, 0.15) is 17.4 Å². The predicted octanol–water partition coefficient (Wildman–Crippen LogP) is 7.18. The van der Waals surface area contributed by atoms with Gasteiger partial charge in [-0.3, -0.25) is 4.79 Å². The van der Waals surface area contributed by atoms with Crippen LogP contribution in [-0.2, 0) is 4.79 Å². The van der Waals surface area contributed by atoms with Crippen molar-refractivity contribution in [3.8, 4) is 17.2 Å². The van der Waals surface area contributed by atoms with Crippen molar-refractivity contribution in [2.45, 2.75) is 9.79 Å². The fraction of sp³-hybridized carbons (Fsp3) is 0.0909. The van der Waals surface area contributed by atoms with Gasteiger partial charge in [0.15, 0.2) is 11.5 Å². The number of carbonyl (C=O) groups is 1. The van der Waals surface area contributed by atoms with E-state index in [0.29, 0.717) is 34.5 Å². The van der Waals surface area contributed by atoms with Crippen molar-refractivity contribution in [1.82, 2.24) is 4.98 Å². The molecule has 2 heterocycles. The molecule has 0 fully saturated rings. The van der Waals surface area contributed by atoms with E-state index in [1.165, 1.54) is 0 Å². The standard InChI is InChI=1S/C33H27N3O4S/c1-38-28-17-21(18-29(39-2)31(28)40-3)16-27-33(37)36(32(35-27)22-10-6-4-7-11-22)30-20-23-19-25(14-15-26(23)34-30)41-24-12-8-5-9-13-24/h4-20,34H,1-3H3/b27-16-. The van der Waals surface area contributed by atoms with Crippen molar-refractivity contribution in [3.63, 3.8) is 0 Å². The molecule has 0 saturated heterocycles. The Kier molecular flexibility index (Phi) is 7.22. The number of aromatic nitrogens is 1. The molecule has 4 aromatic carbocycles. The first-order valence-electron chi connectivity index (χ1n) is 12.9. The maximum atomic E-state index is 13.9. The molecule has 1 N–H and O–H groups in total. The number of methoxy groups -OCH3 is 3. The van der Waals surface area contributed by atoms with Crippen LogP contribution >= 0.6 is 11.8 Å². The van der Waals surface area contributed by atoms with Crippen LogP contribution in [0.2, 0.25) is 0 Å². The van der Waals surface area contributed by atoms with Crippen LogP contribution in [0.5, 0.6) is 17.2 Å².